The molecule has 0 fully saturated rings. The molecule has 0 spiro atoms. The summed E-state index contributed by atoms with van der Waals surface area (Å²) in [5.41, 5.74) is -0.150. The monoisotopic (exact) mass is 323 g/mol. The van der Waals surface area contributed by atoms with Crippen LogP contribution in [0.1, 0.15) is 5.69 Å². The van der Waals surface area contributed by atoms with E-state index in [4.69, 9.17) is 4.74 Å². The third kappa shape index (κ3) is 5.71. The van der Waals surface area contributed by atoms with Gasteiger partial charge in [0, 0.05) is 18.3 Å². The Kier molecular flexibility index (Phi) is 7.35. The number of pyridine rings is 1. The number of nitrogens with zero attached hydrogens (tertiary/aromatic N) is 1. The minimum atomic E-state index is -5.16. The quantitative estimate of drug-likeness (QED) is 0.566. The van der Waals surface area contributed by atoms with Crippen LogP contribution >= 0.6 is 0 Å². The van der Waals surface area contributed by atoms with Gasteiger partial charge in [-0.2, -0.15) is 0 Å². The van der Waals surface area contributed by atoms with E-state index < -0.39 is 24.0 Å². The second-order valence-corrected chi connectivity index (χ2v) is 4.18. The number of halogens is 4. The molecule has 1 aromatic heterocycles. The van der Waals surface area contributed by atoms with Crippen LogP contribution in [0.2, 0.25) is 0 Å². The zero-order valence-electron chi connectivity index (χ0n) is 11.4. The van der Waals surface area contributed by atoms with E-state index in [1.54, 1.807) is 24.4 Å². The van der Waals surface area contributed by atoms with Gasteiger partial charge in [0.25, 0.3) is 0 Å². The topological polar surface area (TPSA) is 22.1 Å². The first-order valence-corrected chi connectivity index (χ1v) is 5.99. The van der Waals surface area contributed by atoms with E-state index >= 15 is 0 Å². The molecule has 0 unspecified atom stereocenters. The zero-order valence-corrected chi connectivity index (χ0v) is 14.5. The second-order valence-electron chi connectivity index (χ2n) is 4.18. The van der Waals surface area contributed by atoms with Gasteiger partial charge >= 0.3 is 58.4 Å². The smallest absolute Gasteiger partial charge is 0.490 e. The van der Waals surface area contributed by atoms with Crippen molar-refractivity contribution in [3.8, 4) is 5.75 Å². The van der Waals surface area contributed by atoms with Crippen LogP contribution in [0, 0.1) is 5.82 Å². The molecule has 2 aromatic rings. The van der Waals surface area contributed by atoms with Crippen LogP contribution in [0.25, 0.3) is 0 Å². The van der Waals surface area contributed by atoms with Crippen molar-refractivity contribution in [1.82, 2.24) is 4.98 Å². The van der Waals surface area contributed by atoms with Gasteiger partial charge in [-0.25, -0.2) is 4.39 Å². The van der Waals surface area contributed by atoms with Gasteiger partial charge in [-0.15, -0.1) is 5.46 Å². The molecule has 106 valence electrons. The van der Waals surface area contributed by atoms with Gasteiger partial charge in [0.2, 0.25) is 0 Å². The maximum Gasteiger partial charge on any atom is 1.00 e. The molecule has 1 heterocycles. The summed E-state index contributed by atoms with van der Waals surface area (Å²) in [5, 5.41) is 0. The van der Waals surface area contributed by atoms with Crippen LogP contribution in [0.3, 0.4) is 0 Å². The zero-order chi connectivity index (χ0) is 14.6. The average Bonchev–Trinajstić information content (AvgIpc) is 2.41. The first-order chi connectivity index (χ1) is 9.47. The number of hydrogen-bond donors (Lipinski definition) is 0. The molecule has 0 saturated carbocycles. The number of rotatable bonds is 5. The van der Waals surface area contributed by atoms with Gasteiger partial charge in [0.05, 0.1) is 6.61 Å². The molecule has 0 radical (unpaired) electrons. The normalized spacial score (nSPS) is 10.9. The van der Waals surface area contributed by atoms with E-state index in [-0.39, 0.29) is 58.0 Å². The Bertz CT molecular complexity index is 580. The van der Waals surface area contributed by atoms with Crippen molar-refractivity contribution in [2.75, 3.05) is 6.61 Å². The van der Waals surface area contributed by atoms with Crippen LogP contribution in [0.4, 0.5) is 17.3 Å². The largest absolute Gasteiger partial charge is 1.00 e. The van der Waals surface area contributed by atoms with Crippen molar-refractivity contribution < 1.29 is 73.5 Å². The van der Waals surface area contributed by atoms with E-state index in [0.29, 0.717) is 18.6 Å². The van der Waals surface area contributed by atoms with Gasteiger partial charge < -0.3 is 17.7 Å². The van der Waals surface area contributed by atoms with E-state index in [1.807, 2.05) is 0 Å². The van der Waals surface area contributed by atoms with Crippen molar-refractivity contribution in [1.29, 1.82) is 0 Å². The molecule has 0 aliphatic heterocycles. The van der Waals surface area contributed by atoms with Gasteiger partial charge in [-0.1, -0.05) is 12.1 Å². The van der Waals surface area contributed by atoms with Crippen molar-refractivity contribution in [3.63, 3.8) is 0 Å². The fourth-order valence-electron chi connectivity index (χ4n) is 1.65. The Morgan fingerprint density at radius 2 is 1.86 bits per heavy atom. The summed E-state index contributed by atoms with van der Waals surface area (Å²) < 4.78 is 56.1. The Morgan fingerprint density at radius 3 is 2.48 bits per heavy atom. The first kappa shape index (κ1) is 18.6. The molecular formula is C13H11BF4KNO. The van der Waals surface area contributed by atoms with Gasteiger partial charge in [-0.3, -0.25) is 4.98 Å². The van der Waals surface area contributed by atoms with Crippen molar-refractivity contribution in [3.05, 3.63) is 54.1 Å². The van der Waals surface area contributed by atoms with Crippen LogP contribution < -0.4 is 61.6 Å². The van der Waals surface area contributed by atoms with Crippen molar-refractivity contribution in [2.45, 2.75) is 6.42 Å². The maximum absolute atomic E-state index is 13.4. The van der Waals surface area contributed by atoms with Crippen molar-refractivity contribution in [2.24, 2.45) is 0 Å². The third-order valence-corrected chi connectivity index (χ3v) is 2.68. The Hall–Kier alpha value is -0.409. The second kappa shape index (κ2) is 8.28. The van der Waals surface area contributed by atoms with E-state index in [1.165, 1.54) is 0 Å². The maximum atomic E-state index is 13.4. The molecule has 0 aliphatic carbocycles. The summed E-state index contributed by atoms with van der Waals surface area (Å²) in [6, 6.07) is 7.46. The number of ether oxygens (including phenoxy) is 1. The molecule has 0 aliphatic rings. The van der Waals surface area contributed by atoms with Crippen LogP contribution in [0.15, 0.2) is 42.6 Å². The van der Waals surface area contributed by atoms with Crippen LogP contribution in [0.5, 0.6) is 5.75 Å². The summed E-state index contributed by atoms with van der Waals surface area (Å²) in [6.07, 6.45) is 1.99. The van der Waals surface area contributed by atoms with Crippen molar-refractivity contribution >= 4 is 12.4 Å². The summed E-state index contributed by atoms with van der Waals surface area (Å²) in [7, 11) is 0. The van der Waals surface area contributed by atoms with Gasteiger partial charge in [0.15, 0.2) is 11.6 Å². The summed E-state index contributed by atoms with van der Waals surface area (Å²) >= 11 is 0. The molecular weight excluding hydrogens is 312 g/mol. The van der Waals surface area contributed by atoms with E-state index in [9.17, 15) is 17.3 Å². The standard InChI is InChI=1S/C13H11BF4NO.K/c15-12-5-4-10(14(16,17)18)9-13(12)20-8-6-11-3-1-2-7-19-11;/h1-5,7,9H,6,8H2;/q-1;+1. The van der Waals surface area contributed by atoms with E-state index in [0.717, 1.165) is 11.8 Å². The minimum Gasteiger partial charge on any atom is -0.490 e. The predicted molar refractivity (Wildman–Crippen MR) is 68.5 cm³/mol. The SMILES string of the molecule is Fc1ccc([B-](F)(F)F)cc1OCCc1ccccn1.[K+]. The van der Waals surface area contributed by atoms with Gasteiger partial charge in [0.1, 0.15) is 0 Å². The molecule has 8 heteroatoms. The Labute approximate surface area is 162 Å². The molecule has 2 nitrogen and oxygen atoms in total. The molecule has 0 atom stereocenters. The predicted octanol–water partition coefficient (Wildman–Crippen LogP) is -0.0994. The number of aromatic nitrogens is 1. The minimum absolute atomic E-state index is 0. The fraction of sp³-hybridized carbons (Fsp3) is 0.154. The average molecular weight is 323 g/mol. The summed E-state index contributed by atoms with van der Waals surface area (Å²) in [6.45, 7) is -5.11. The number of hydrogen-bond acceptors (Lipinski definition) is 2. The molecule has 1 aromatic carbocycles. The fourth-order valence-corrected chi connectivity index (χ4v) is 1.65. The molecule has 21 heavy (non-hydrogen) atoms. The Balaban J connectivity index is 0.00000220. The molecule has 0 amide bonds. The molecule has 2 rings (SSSR count). The van der Waals surface area contributed by atoms with Crippen LogP contribution in [-0.4, -0.2) is 18.6 Å². The summed E-state index contributed by atoms with van der Waals surface area (Å²) in [4.78, 5) is 4.04. The van der Waals surface area contributed by atoms with E-state index in [2.05, 4.69) is 4.98 Å². The molecule has 0 bridgehead atoms. The number of benzene rings is 1. The van der Waals surface area contributed by atoms with Gasteiger partial charge in [-0.05, 0) is 24.3 Å². The molecule has 0 N–H and O–H groups in total. The molecule has 0 saturated heterocycles. The summed E-state index contributed by atoms with van der Waals surface area (Å²) in [5.74, 6) is -1.20. The first-order valence-electron chi connectivity index (χ1n) is 5.99. The third-order valence-electron chi connectivity index (χ3n) is 2.68. The van der Waals surface area contributed by atoms with Crippen LogP contribution in [-0.2, 0) is 6.42 Å². The Morgan fingerprint density at radius 1 is 1.10 bits per heavy atom.